The number of nitrogens with one attached hydrogen (secondary N) is 1. The molecule has 1 aliphatic heterocycles. The second-order valence-corrected chi connectivity index (χ2v) is 13.0. The van der Waals surface area contributed by atoms with Crippen LogP contribution in [-0.2, 0) is 38.6 Å². The van der Waals surface area contributed by atoms with Crippen LogP contribution in [0.3, 0.4) is 0 Å². The van der Waals surface area contributed by atoms with Crippen LogP contribution in [-0.4, -0.2) is 58.2 Å². The Morgan fingerprint density at radius 2 is 1.58 bits per heavy atom. The second-order valence-electron chi connectivity index (χ2n) is 13.0. The molecular weight excluding hydrogens is 630 g/mol. The van der Waals surface area contributed by atoms with Crippen molar-refractivity contribution in [2.45, 2.75) is 83.0 Å². The molecule has 2 heterocycles. The predicted molar refractivity (Wildman–Crippen MR) is 193 cm³/mol. The van der Waals surface area contributed by atoms with Gasteiger partial charge in [-0.3, -0.25) is 14.6 Å². The summed E-state index contributed by atoms with van der Waals surface area (Å²) in [5.41, 5.74) is 7.03. The molecular formula is C41H49N3O6. The molecule has 3 aromatic carbocycles. The van der Waals surface area contributed by atoms with E-state index in [9.17, 15) is 14.7 Å². The van der Waals surface area contributed by atoms with Crippen molar-refractivity contribution < 1.29 is 29.3 Å². The lowest BCUT2D eigenvalue weighted by molar-refractivity contribution is -0.252. The van der Waals surface area contributed by atoms with Gasteiger partial charge in [-0.05, 0) is 59.8 Å². The first-order valence-electron chi connectivity index (χ1n) is 17.6. The number of carboxylic acids is 1. The molecule has 4 aromatic rings. The second kappa shape index (κ2) is 19.1. The van der Waals surface area contributed by atoms with Crippen molar-refractivity contribution in [3.63, 3.8) is 0 Å². The average Bonchev–Trinajstić information content (AvgIpc) is 3.15. The Labute approximate surface area is 295 Å². The fourth-order valence-corrected chi connectivity index (χ4v) is 6.30. The molecule has 3 N–H and O–H groups in total. The first kappa shape index (κ1) is 36.9. The molecule has 0 spiro atoms. The van der Waals surface area contributed by atoms with Gasteiger partial charge >= 0.3 is 5.97 Å². The van der Waals surface area contributed by atoms with E-state index in [0.29, 0.717) is 25.8 Å². The summed E-state index contributed by atoms with van der Waals surface area (Å²) in [5.74, 6) is -0.778. The Morgan fingerprint density at radius 3 is 2.30 bits per heavy atom. The molecule has 0 saturated carbocycles. The van der Waals surface area contributed by atoms with E-state index in [4.69, 9.17) is 14.6 Å². The Morgan fingerprint density at radius 1 is 0.860 bits per heavy atom. The third kappa shape index (κ3) is 11.3. The Bertz CT molecular complexity index is 1630. The minimum Gasteiger partial charge on any atom is -0.481 e. The maximum atomic E-state index is 12.5. The van der Waals surface area contributed by atoms with Gasteiger partial charge in [-0.25, -0.2) is 0 Å². The number of aliphatic hydroxyl groups is 1. The van der Waals surface area contributed by atoms with Crippen LogP contribution in [0.1, 0.15) is 85.3 Å². The first-order valence-corrected chi connectivity index (χ1v) is 17.6. The highest BCUT2D eigenvalue weighted by Gasteiger charge is 2.32. The lowest BCUT2D eigenvalue weighted by Gasteiger charge is -2.38. The standard InChI is InChI=1S/C41H49N3O6/c1-44(25-23-35-11-8-9-24-42-35)28-36-26-38(32-17-15-30(29-45)16-18-32)50-41(49-36)33-21-19-31(20-22-33)37-12-7-6-10-34(37)27-43-39(46)13-4-2-3-5-14-40(47)48/h6-12,15-22,24,36,38,41,45H,2-5,13-14,23,25-29H2,1H3,(H,43,46)(H,47,48)/t36-,38+,41+/m0/s1. The van der Waals surface area contributed by atoms with Gasteiger partial charge in [0.05, 0.1) is 18.8 Å². The third-order valence-corrected chi connectivity index (χ3v) is 9.14. The van der Waals surface area contributed by atoms with Crippen LogP contribution >= 0.6 is 0 Å². The summed E-state index contributed by atoms with van der Waals surface area (Å²) >= 11 is 0. The molecule has 0 bridgehead atoms. The maximum Gasteiger partial charge on any atom is 0.303 e. The van der Waals surface area contributed by atoms with Crippen LogP contribution in [0.25, 0.3) is 11.1 Å². The van der Waals surface area contributed by atoms with E-state index < -0.39 is 12.3 Å². The molecule has 9 heteroatoms. The van der Waals surface area contributed by atoms with Gasteiger partial charge in [0.2, 0.25) is 5.91 Å². The number of aromatic nitrogens is 1. The number of hydrogen-bond donors (Lipinski definition) is 3. The quantitative estimate of drug-likeness (QED) is 0.0962. The molecule has 1 fully saturated rings. The Balaban J connectivity index is 1.22. The smallest absolute Gasteiger partial charge is 0.303 e. The fraction of sp³-hybridized carbons (Fsp3) is 0.390. The molecule has 1 aliphatic rings. The summed E-state index contributed by atoms with van der Waals surface area (Å²) in [5, 5.41) is 21.4. The first-order chi connectivity index (χ1) is 24.4. The summed E-state index contributed by atoms with van der Waals surface area (Å²) in [7, 11) is 2.11. The highest BCUT2D eigenvalue weighted by Crippen LogP contribution is 2.38. The van der Waals surface area contributed by atoms with Crippen LogP contribution in [0.4, 0.5) is 0 Å². The molecule has 0 radical (unpaired) electrons. The number of nitrogens with zero attached hydrogens (tertiary/aromatic N) is 2. The van der Waals surface area contributed by atoms with Crippen molar-refractivity contribution in [2.75, 3.05) is 20.1 Å². The van der Waals surface area contributed by atoms with E-state index in [1.807, 2.05) is 60.8 Å². The minimum absolute atomic E-state index is 0.000654. The van der Waals surface area contributed by atoms with Crippen LogP contribution in [0.5, 0.6) is 0 Å². The minimum atomic E-state index is -0.775. The van der Waals surface area contributed by atoms with Gasteiger partial charge in [0, 0.05) is 62.8 Å². The van der Waals surface area contributed by atoms with Gasteiger partial charge < -0.3 is 29.9 Å². The molecule has 5 rings (SSSR count). The Hall–Kier alpha value is -4.41. The zero-order valence-corrected chi connectivity index (χ0v) is 28.9. The molecule has 9 nitrogen and oxygen atoms in total. The van der Waals surface area contributed by atoms with Crippen molar-refractivity contribution in [3.8, 4) is 11.1 Å². The van der Waals surface area contributed by atoms with Gasteiger partial charge in [0.25, 0.3) is 0 Å². The number of unbranched alkanes of at least 4 members (excludes halogenated alkanes) is 3. The molecule has 0 aliphatic carbocycles. The lowest BCUT2D eigenvalue weighted by atomic mass is 9.97. The number of rotatable bonds is 18. The monoisotopic (exact) mass is 679 g/mol. The predicted octanol–water partition coefficient (Wildman–Crippen LogP) is 7.00. The van der Waals surface area contributed by atoms with Crippen molar-refractivity contribution >= 4 is 11.9 Å². The molecule has 1 aromatic heterocycles. The van der Waals surface area contributed by atoms with Gasteiger partial charge in [-0.15, -0.1) is 0 Å². The largest absolute Gasteiger partial charge is 0.481 e. The van der Waals surface area contributed by atoms with E-state index >= 15 is 0 Å². The summed E-state index contributed by atoms with van der Waals surface area (Å²) < 4.78 is 13.2. The number of hydrogen-bond acceptors (Lipinski definition) is 7. The van der Waals surface area contributed by atoms with Crippen molar-refractivity contribution in [3.05, 3.63) is 125 Å². The number of aliphatic hydroxyl groups excluding tert-OH is 1. The Kier molecular flexibility index (Phi) is 14.1. The summed E-state index contributed by atoms with van der Waals surface area (Å²) in [6.07, 6.45) is 6.30. The number of ether oxygens (including phenoxy) is 2. The SMILES string of the molecule is CN(CCc1ccccn1)C[C@@H]1C[C@H](c2ccc(CO)cc2)O[C@H](c2ccc(-c3ccccc3CNC(=O)CCCCCCC(=O)O)cc2)O1. The third-order valence-electron chi connectivity index (χ3n) is 9.14. The van der Waals surface area contributed by atoms with Crippen molar-refractivity contribution in [2.24, 2.45) is 0 Å². The van der Waals surface area contributed by atoms with Crippen LogP contribution < -0.4 is 5.32 Å². The number of amides is 1. The van der Waals surface area contributed by atoms with Crippen molar-refractivity contribution in [1.82, 2.24) is 15.2 Å². The molecule has 3 atom stereocenters. The number of likely N-dealkylation sites (N-methyl/N-ethyl adjacent to an activating group) is 1. The van der Waals surface area contributed by atoms with Gasteiger partial charge in [0.1, 0.15) is 0 Å². The number of carbonyl (C=O) groups excluding carboxylic acids is 1. The number of benzene rings is 3. The highest BCUT2D eigenvalue weighted by atomic mass is 16.7. The van der Waals surface area contributed by atoms with E-state index in [0.717, 1.165) is 77.8 Å². The molecule has 1 saturated heterocycles. The number of aliphatic carboxylic acids is 1. The van der Waals surface area contributed by atoms with Gasteiger partial charge in [0.15, 0.2) is 6.29 Å². The van der Waals surface area contributed by atoms with Gasteiger partial charge in [-0.1, -0.05) is 91.7 Å². The van der Waals surface area contributed by atoms with E-state index in [1.165, 1.54) is 0 Å². The average molecular weight is 680 g/mol. The summed E-state index contributed by atoms with van der Waals surface area (Å²) in [6, 6.07) is 30.3. The zero-order valence-electron chi connectivity index (χ0n) is 28.9. The van der Waals surface area contributed by atoms with Crippen LogP contribution in [0.2, 0.25) is 0 Å². The zero-order chi connectivity index (χ0) is 35.1. The highest BCUT2D eigenvalue weighted by molar-refractivity contribution is 5.76. The van der Waals surface area contributed by atoms with E-state index in [1.54, 1.807) is 0 Å². The van der Waals surface area contributed by atoms with E-state index in [-0.39, 0.29) is 31.1 Å². The van der Waals surface area contributed by atoms with Crippen molar-refractivity contribution in [1.29, 1.82) is 0 Å². The lowest BCUT2D eigenvalue weighted by Crippen LogP contribution is -2.38. The number of pyridine rings is 1. The molecule has 0 unspecified atom stereocenters. The van der Waals surface area contributed by atoms with Crippen LogP contribution in [0, 0.1) is 0 Å². The normalized spacial score (nSPS) is 17.5. The topological polar surface area (TPSA) is 121 Å². The van der Waals surface area contributed by atoms with Gasteiger partial charge in [-0.2, -0.15) is 0 Å². The van der Waals surface area contributed by atoms with Crippen LogP contribution in [0.15, 0.2) is 97.2 Å². The fourth-order valence-electron chi connectivity index (χ4n) is 6.30. The van der Waals surface area contributed by atoms with E-state index in [2.05, 4.69) is 58.6 Å². The number of carboxylic acid groups (broad SMARTS) is 1. The maximum absolute atomic E-state index is 12.5. The summed E-state index contributed by atoms with van der Waals surface area (Å²) in [6.45, 7) is 2.04. The summed E-state index contributed by atoms with van der Waals surface area (Å²) in [4.78, 5) is 29.9. The molecule has 264 valence electrons. The molecule has 50 heavy (non-hydrogen) atoms. The number of carbonyl (C=O) groups is 2. The molecule has 1 amide bonds.